The number of carbonyl (C=O) groups is 1. The summed E-state index contributed by atoms with van der Waals surface area (Å²) >= 11 is 5.99. The second-order valence-electron chi connectivity index (χ2n) is 4.20. The van der Waals surface area contributed by atoms with Gasteiger partial charge in [0.1, 0.15) is 5.75 Å². The molecular formula is C17H14ClNO2. The molecule has 0 aliphatic rings. The van der Waals surface area contributed by atoms with E-state index in [-0.39, 0.29) is 12.5 Å². The molecule has 0 aliphatic heterocycles. The Bertz CT molecular complexity index is 701. The first-order chi connectivity index (χ1) is 10.2. The Hall–Kier alpha value is -2.44. The molecule has 0 bridgehead atoms. The van der Waals surface area contributed by atoms with Crippen LogP contribution >= 0.6 is 11.6 Å². The molecule has 0 aromatic heterocycles. The van der Waals surface area contributed by atoms with Crippen molar-refractivity contribution in [2.75, 3.05) is 13.7 Å². The van der Waals surface area contributed by atoms with Crippen molar-refractivity contribution in [1.29, 1.82) is 0 Å². The SMILES string of the molecule is COc1cccc(C(=O)NCC#Cc2ccccc2Cl)c1. The standard InChI is InChI=1S/C17H14ClNO2/c1-21-15-9-4-7-14(12-15)17(20)19-11-5-8-13-6-2-3-10-16(13)18/h2-4,6-7,9-10,12H,11H2,1H3,(H,19,20). The number of carbonyl (C=O) groups excluding carboxylic acids is 1. The smallest absolute Gasteiger partial charge is 0.252 e. The zero-order chi connectivity index (χ0) is 15.1. The van der Waals surface area contributed by atoms with Crippen LogP contribution in [0.3, 0.4) is 0 Å². The number of methoxy groups -OCH3 is 1. The Morgan fingerprint density at radius 1 is 1.24 bits per heavy atom. The highest BCUT2D eigenvalue weighted by molar-refractivity contribution is 6.31. The molecule has 2 aromatic rings. The number of rotatable bonds is 3. The average Bonchev–Trinajstić information content (AvgIpc) is 2.53. The van der Waals surface area contributed by atoms with Gasteiger partial charge in [0.2, 0.25) is 0 Å². The van der Waals surface area contributed by atoms with Crippen molar-refractivity contribution in [2.45, 2.75) is 0 Å². The molecule has 2 aromatic carbocycles. The number of benzene rings is 2. The minimum absolute atomic E-state index is 0.192. The quantitative estimate of drug-likeness (QED) is 0.884. The van der Waals surface area contributed by atoms with Crippen molar-refractivity contribution in [3.05, 3.63) is 64.7 Å². The van der Waals surface area contributed by atoms with Crippen LogP contribution in [0.15, 0.2) is 48.5 Å². The van der Waals surface area contributed by atoms with Gasteiger partial charge in [-0.2, -0.15) is 0 Å². The third kappa shape index (κ3) is 4.27. The van der Waals surface area contributed by atoms with E-state index < -0.39 is 0 Å². The van der Waals surface area contributed by atoms with Crippen LogP contribution in [0, 0.1) is 11.8 Å². The van der Waals surface area contributed by atoms with Gasteiger partial charge in [-0.05, 0) is 30.3 Å². The Labute approximate surface area is 128 Å². The second-order valence-corrected chi connectivity index (χ2v) is 4.60. The lowest BCUT2D eigenvalue weighted by atomic mass is 10.2. The topological polar surface area (TPSA) is 38.3 Å². The molecule has 2 rings (SSSR count). The summed E-state index contributed by atoms with van der Waals surface area (Å²) in [5, 5.41) is 3.33. The van der Waals surface area contributed by atoms with E-state index in [1.165, 1.54) is 0 Å². The maximum atomic E-state index is 11.9. The van der Waals surface area contributed by atoms with E-state index in [0.717, 1.165) is 5.56 Å². The molecule has 21 heavy (non-hydrogen) atoms. The first-order valence-electron chi connectivity index (χ1n) is 6.36. The molecule has 0 fully saturated rings. The first-order valence-corrected chi connectivity index (χ1v) is 6.74. The van der Waals surface area contributed by atoms with Crippen molar-refractivity contribution in [1.82, 2.24) is 5.32 Å². The molecule has 0 aliphatic carbocycles. The van der Waals surface area contributed by atoms with E-state index in [2.05, 4.69) is 17.2 Å². The van der Waals surface area contributed by atoms with Gasteiger partial charge in [0, 0.05) is 11.1 Å². The monoisotopic (exact) mass is 299 g/mol. The molecule has 3 nitrogen and oxygen atoms in total. The second kappa shape index (κ2) is 7.37. The summed E-state index contributed by atoms with van der Waals surface area (Å²) in [6.45, 7) is 0.251. The molecule has 1 N–H and O–H groups in total. The normalized spacial score (nSPS) is 9.43. The summed E-state index contributed by atoms with van der Waals surface area (Å²) in [6, 6.07) is 14.3. The lowest BCUT2D eigenvalue weighted by Crippen LogP contribution is -2.23. The van der Waals surface area contributed by atoms with E-state index in [0.29, 0.717) is 16.3 Å². The van der Waals surface area contributed by atoms with Gasteiger partial charge in [-0.15, -0.1) is 0 Å². The Kier molecular flexibility index (Phi) is 5.25. The van der Waals surface area contributed by atoms with Crippen molar-refractivity contribution in [2.24, 2.45) is 0 Å². The summed E-state index contributed by atoms with van der Waals surface area (Å²) in [4.78, 5) is 11.9. The summed E-state index contributed by atoms with van der Waals surface area (Å²) in [5.74, 6) is 6.25. The predicted molar refractivity (Wildman–Crippen MR) is 83.7 cm³/mol. The maximum absolute atomic E-state index is 11.9. The molecule has 106 valence electrons. The van der Waals surface area contributed by atoms with Crippen LogP contribution in [0.1, 0.15) is 15.9 Å². The third-order valence-corrected chi connectivity index (χ3v) is 3.10. The van der Waals surface area contributed by atoms with Crippen LogP contribution in [0.2, 0.25) is 5.02 Å². The van der Waals surface area contributed by atoms with Gasteiger partial charge in [-0.1, -0.05) is 41.6 Å². The fraction of sp³-hybridized carbons (Fsp3) is 0.118. The zero-order valence-electron chi connectivity index (χ0n) is 11.5. The lowest BCUT2D eigenvalue weighted by molar-refractivity contribution is 0.0958. The number of hydrogen-bond acceptors (Lipinski definition) is 2. The van der Waals surface area contributed by atoms with E-state index in [1.807, 2.05) is 18.2 Å². The summed E-state index contributed by atoms with van der Waals surface area (Å²) < 4.78 is 5.08. The van der Waals surface area contributed by atoms with E-state index in [1.54, 1.807) is 37.4 Å². The predicted octanol–water partition coefficient (Wildman–Crippen LogP) is 3.13. The van der Waals surface area contributed by atoms with E-state index >= 15 is 0 Å². The number of amides is 1. The molecule has 0 radical (unpaired) electrons. The molecular weight excluding hydrogens is 286 g/mol. The zero-order valence-corrected chi connectivity index (χ0v) is 12.3. The van der Waals surface area contributed by atoms with Crippen LogP contribution in [0.5, 0.6) is 5.75 Å². The molecule has 0 spiro atoms. The van der Waals surface area contributed by atoms with Crippen LogP contribution < -0.4 is 10.1 Å². The number of hydrogen-bond donors (Lipinski definition) is 1. The highest BCUT2D eigenvalue weighted by atomic mass is 35.5. The lowest BCUT2D eigenvalue weighted by Gasteiger charge is -2.03. The molecule has 1 amide bonds. The number of ether oxygens (including phenoxy) is 1. The van der Waals surface area contributed by atoms with Gasteiger partial charge in [0.15, 0.2) is 0 Å². The van der Waals surface area contributed by atoms with Crippen molar-refractivity contribution in [3.8, 4) is 17.6 Å². The first kappa shape index (κ1) is 15.0. The Balaban J connectivity index is 1.95. The number of nitrogens with one attached hydrogen (secondary N) is 1. The van der Waals surface area contributed by atoms with Crippen LogP contribution in [-0.2, 0) is 0 Å². The molecule has 0 unspecified atom stereocenters. The van der Waals surface area contributed by atoms with Crippen molar-refractivity contribution < 1.29 is 9.53 Å². The van der Waals surface area contributed by atoms with Crippen LogP contribution in [0.4, 0.5) is 0 Å². The van der Waals surface area contributed by atoms with Gasteiger partial charge in [0.05, 0.1) is 18.7 Å². The summed E-state index contributed by atoms with van der Waals surface area (Å²) in [5.41, 5.74) is 1.28. The fourth-order valence-corrected chi connectivity index (χ4v) is 1.88. The highest BCUT2D eigenvalue weighted by Crippen LogP contribution is 2.13. The average molecular weight is 300 g/mol. The Morgan fingerprint density at radius 2 is 2.05 bits per heavy atom. The molecule has 0 heterocycles. The highest BCUT2D eigenvalue weighted by Gasteiger charge is 2.04. The fourth-order valence-electron chi connectivity index (χ4n) is 1.69. The van der Waals surface area contributed by atoms with Crippen molar-refractivity contribution >= 4 is 17.5 Å². The van der Waals surface area contributed by atoms with Gasteiger partial charge in [0.25, 0.3) is 5.91 Å². The van der Waals surface area contributed by atoms with Gasteiger partial charge in [-0.25, -0.2) is 0 Å². The third-order valence-electron chi connectivity index (χ3n) is 2.77. The van der Waals surface area contributed by atoms with Crippen LogP contribution in [0.25, 0.3) is 0 Å². The minimum Gasteiger partial charge on any atom is -0.497 e. The molecule has 0 saturated heterocycles. The van der Waals surface area contributed by atoms with E-state index in [9.17, 15) is 4.79 Å². The molecule has 0 atom stereocenters. The number of halogens is 1. The molecule has 0 saturated carbocycles. The van der Waals surface area contributed by atoms with Gasteiger partial charge < -0.3 is 10.1 Å². The summed E-state index contributed by atoms with van der Waals surface area (Å²) in [6.07, 6.45) is 0. The van der Waals surface area contributed by atoms with Crippen molar-refractivity contribution in [3.63, 3.8) is 0 Å². The van der Waals surface area contributed by atoms with Crippen LogP contribution in [-0.4, -0.2) is 19.6 Å². The largest absolute Gasteiger partial charge is 0.497 e. The molecule has 4 heteroatoms. The Morgan fingerprint density at radius 3 is 2.81 bits per heavy atom. The summed E-state index contributed by atoms with van der Waals surface area (Å²) in [7, 11) is 1.56. The van der Waals surface area contributed by atoms with Gasteiger partial charge >= 0.3 is 0 Å². The maximum Gasteiger partial charge on any atom is 0.252 e. The minimum atomic E-state index is -0.192. The van der Waals surface area contributed by atoms with Gasteiger partial charge in [-0.3, -0.25) is 4.79 Å². The van der Waals surface area contributed by atoms with E-state index in [4.69, 9.17) is 16.3 Å².